The molecule has 0 fully saturated rings. The quantitative estimate of drug-likeness (QED) is 0.638. The van der Waals surface area contributed by atoms with Crippen LogP contribution in [0.3, 0.4) is 0 Å². The number of carbonyl (C=O) groups is 1. The smallest absolute Gasteiger partial charge is 0.162 e. The molecule has 2 N–H and O–H groups in total. The molecule has 0 unspecified atom stereocenters. The fourth-order valence-corrected chi connectivity index (χ4v) is 3.25. The van der Waals surface area contributed by atoms with Crippen LogP contribution < -0.4 is 10.6 Å². The van der Waals surface area contributed by atoms with Crippen molar-refractivity contribution < 1.29 is 9.63 Å². The van der Waals surface area contributed by atoms with Crippen molar-refractivity contribution in [2.24, 2.45) is 5.16 Å². The van der Waals surface area contributed by atoms with Crippen LogP contribution in [0, 0.1) is 0 Å². The topological polar surface area (TPSA) is 62.7 Å². The number of anilines is 2. The Balaban J connectivity index is 2.30. The lowest BCUT2D eigenvalue weighted by Gasteiger charge is -2.15. The lowest BCUT2D eigenvalue weighted by atomic mass is 9.96. The number of nitrogens with one attached hydrogen (secondary N) is 2. The minimum absolute atomic E-state index is 0.0992. The maximum absolute atomic E-state index is 12.5. The average molecular weight is 356 g/mol. The lowest BCUT2D eigenvalue weighted by Crippen LogP contribution is -2.12. The molecule has 0 spiro atoms. The van der Waals surface area contributed by atoms with Gasteiger partial charge >= 0.3 is 0 Å². The number of para-hydroxylation sites is 2. The highest BCUT2D eigenvalue weighted by Gasteiger charge is 2.29. The summed E-state index contributed by atoms with van der Waals surface area (Å²) in [4.78, 5) is 17.6. The van der Waals surface area contributed by atoms with Crippen molar-refractivity contribution in [3.8, 4) is 0 Å². The molecule has 25 heavy (non-hydrogen) atoms. The van der Waals surface area contributed by atoms with Gasteiger partial charge in [-0.25, -0.2) is 0 Å². The maximum Gasteiger partial charge on any atom is 0.162 e. The zero-order chi connectivity index (χ0) is 18.0. The molecule has 5 nitrogen and oxygen atoms in total. The van der Waals surface area contributed by atoms with Gasteiger partial charge in [-0.15, -0.1) is 0 Å². The van der Waals surface area contributed by atoms with Crippen molar-refractivity contribution in [1.29, 1.82) is 0 Å². The van der Waals surface area contributed by atoms with E-state index in [1.807, 2.05) is 36.4 Å². The van der Waals surface area contributed by atoms with Gasteiger partial charge < -0.3 is 15.5 Å². The summed E-state index contributed by atoms with van der Waals surface area (Å²) in [5.74, 6) is -0.0992. The molecule has 3 rings (SSSR count). The molecule has 0 aliphatic carbocycles. The molecule has 0 saturated carbocycles. The highest BCUT2D eigenvalue weighted by Crippen LogP contribution is 2.37. The van der Waals surface area contributed by atoms with Gasteiger partial charge in [-0.05, 0) is 19.1 Å². The normalized spacial score (nSPS) is 16.2. The molecule has 6 heteroatoms. The predicted octanol–water partition coefficient (Wildman–Crippen LogP) is 4.16. The van der Waals surface area contributed by atoms with Crippen LogP contribution in [0.2, 0.25) is 5.02 Å². The summed E-state index contributed by atoms with van der Waals surface area (Å²) < 4.78 is 0. The van der Waals surface area contributed by atoms with E-state index in [9.17, 15) is 4.79 Å². The Morgan fingerprint density at radius 1 is 1.20 bits per heavy atom. The molecular formula is C19H18ClN3O2. The minimum atomic E-state index is -0.0992. The third-order valence-corrected chi connectivity index (χ3v) is 4.31. The molecule has 0 radical (unpaired) electrons. The number of fused-ring (bicyclic) bond motifs is 1. The molecule has 1 aliphatic rings. The zero-order valence-corrected chi connectivity index (χ0v) is 14.9. The van der Waals surface area contributed by atoms with Crippen molar-refractivity contribution in [2.45, 2.75) is 6.92 Å². The van der Waals surface area contributed by atoms with E-state index < -0.39 is 0 Å². The number of Topliss-reactive ketones (excluding diaryl/α,β-unsaturated/α-hetero) is 1. The Morgan fingerprint density at radius 2 is 1.96 bits per heavy atom. The Bertz CT molecular complexity index is 903. The molecular weight excluding hydrogens is 338 g/mol. The largest absolute Gasteiger partial charge is 0.399 e. The fourth-order valence-electron chi connectivity index (χ4n) is 2.98. The third-order valence-electron chi connectivity index (χ3n) is 4.00. The number of allylic oxidation sites excluding steroid dienone is 2. The van der Waals surface area contributed by atoms with Crippen LogP contribution in [0.4, 0.5) is 11.4 Å². The average Bonchev–Trinajstić information content (AvgIpc) is 2.94. The van der Waals surface area contributed by atoms with Crippen molar-refractivity contribution >= 4 is 40.0 Å². The van der Waals surface area contributed by atoms with E-state index in [0.29, 0.717) is 33.3 Å². The zero-order valence-electron chi connectivity index (χ0n) is 14.2. The predicted molar refractivity (Wildman–Crippen MR) is 102 cm³/mol. The van der Waals surface area contributed by atoms with Gasteiger partial charge in [-0.2, -0.15) is 0 Å². The van der Waals surface area contributed by atoms with Crippen LogP contribution in [0.5, 0.6) is 0 Å². The highest BCUT2D eigenvalue weighted by molar-refractivity contribution is 6.37. The SMILES string of the molecule is CNc1c(Cl)cccc1/C(C(C)=O)=C1/Nc2ccccc2/C1=N/OC. The Morgan fingerprint density at radius 3 is 2.64 bits per heavy atom. The number of oxime groups is 1. The second kappa shape index (κ2) is 6.99. The van der Waals surface area contributed by atoms with E-state index in [4.69, 9.17) is 16.4 Å². The first-order valence-corrected chi connectivity index (χ1v) is 8.16. The second-order valence-corrected chi connectivity index (χ2v) is 5.92. The van der Waals surface area contributed by atoms with Crippen LogP contribution in [0.25, 0.3) is 5.57 Å². The van der Waals surface area contributed by atoms with Gasteiger partial charge in [0.1, 0.15) is 12.8 Å². The summed E-state index contributed by atoms with van der Waals surface area (Å²) in [6.45, 7) is 1.53. The molecule has 1 heterocycles. The molecule has 0 atom stereocenters. The van der Waals surface area contributed by atoms with Gasteiger partial charge in [0.25, 0.3) is 0 Å². The van der Waals surface area contributed by atoms with E-state index in [1.165, 1.54) is 14.0 Å². The number of nitrogens with zero attached hydrogens (tertiary/aromatic N) is 1. The van der Waals surface area contributed by atoms with Crippen LogP contribution >= 0.6 is 11.6 Å². The summed E-state index contributed by atoms with van der Waals surface area (Å²) in [5, 5.41) is 11.1. The molecule has 0 bridgehead atoms. The van der Waals surface area contributed by atoms with Gasteiger partial charge in [-0.1, -0.05) is 47.1 Å². The van der Waals surface area contributed by atoms with Gasteiger partial charge in [0.2, 0.25) is 0 Å². The third kappa shape index (κ3) is 2.98. The van der Waals surface area contributed by atoms with Gasteiger partial charge in [0, 0.05) is 23.9 Å². The number of ketones is 1. The van der Waals surface area contributed by atoms with Gasteiger partial charge in [-0.3, -0.25) is 4.79 Å². The minimum Gasteiger partial charge on any atom is -0.399 e. The second-order valence-electron chi connectivity index (χ2n) is 5.51. The van der Waals surface area contributed by atoms with E-state index in [0.717, 1.165) is 11.3 Å². The first-order valence-electron chi connectivity index (χ1n) is 7.78. The molecule has 0 aromatic heterocycles. The summed E-state index contributed by atoms with van der Waals surface area (Å²) in [7, 11) is 3.26. The number of benzene rings is 2. The van der Waals surface area contributed by atoms with Crippen molar-refractivity contribution in [1.82, 2.24) is 0 Å². The summed E-state index contributed by atoms with van der Waals surface area (Å²) >= 11 is 6.30. The summed E-state index contributed by atoms with van der Waals surface area (Å²) in [5.41, 5.74) is 4.85. The standard InChI is InChI=1S/C19H18ClN3O2/c1-11(24)16(13-8-6-9-14(20)17(13)21-2)19-18(23-25-3)12-7-4-5-10-15(12)22-19/h4-10,21-22H,1-3H3/b19-16+,23-18-. The van der Waals surface area contributed by atoms with Crippen LogP contribution in [-0.2, 0) is 9.63 Å². The number of hydrogen-bond acceptors (Lipinski definition) is 5. The first-order chi connectivity index (χ1) is 12.1. The van der Waals surface area contributed by atoms with E-state index in [-0.39, 0.29) is 5.78 Å². The van der Waals surface area contributed by atoms with E-state index in [2.05, 4.69) is 15.8 Å². The first kappa shape index (κ1) is 17.0. The number of carbonyl (C=O) groups excluding carboxylic acids is 1. The molecule has 0 saturated heterocycles. The van der Waals surface area contributed by atoms with Crippen molar-refractivity contribution in [3.05, 3.63) is 64.3 Å². The van der Waals surface area contributed by atoms with Crippen LogP contribution in [-0.4, -0.2) is 25.7 Å². The van der Waals surface area contributed by atoms with E-state index >= 15 is 0 Å². The van der Waals surface area contributed by atoms with Gasteiger partial charge in [0.05, 0.1) is 22.0 Å². The molecule has 2 aromatic rings. The monoisotopic (exact) mass is 355 g/mol. The maximum atomic E-state index is 12.5. The Hall–Kier alpha value is -2.79. The number of rotatable bonds is 4. The van der Waals surface area contributed by atoms with Crippen molar-refractivity contribution in [2.75, 3.05) is 24.8 Å². The summed E-state index contributed by atoms with van der Waals surface area (Å²) in [6, 6.07) is 13.2. The fraction of sp³-hybridized carbons (Fsp3) is 0.158. The van der Waals surface area contributed by atoms with E-state index in [1.54, 1.807) is 13.1 Å². The number of hydrogen-bond donors (Lipinski definition) is 2. The number of halogens is 1. The molecule has 1 aliphatic heterocycles. The Labute approximate surface area is 151 Å². The van der Waals surface area contributed by atoms with Gasteiger partial charge in [0.15, 0.2) is 5.78 Å². The molecule has 128 valence electrons. The summed E-state index contributed by atoms with van der Waals surface area (Å²) in [6.07, 6.45) is 0. The van der Waals surface area contributed by atoms with Crippen LogP contribution in [0.1, 0.15) is 18.1 Å². The van der Waals surface area contributed by atoms with Crippen molar-refractivity contribution in [3.63, 3.8) is 0 Å². The highest BCUT2D eigenvalue weighted by atomic mass is 35.5. The Kier molecular flexibility index (Phi) is 4.76. The molecule has 0 amide bonds. The lowest BCUT2D eigenvalue weighted by molar-refractivity contribution is -0.111. The molecule has 2 aromatic carbocycles. The van der Waals surface area contributed by atoms with Crippen LogP contribution in [0.15, 0.2) is 53.3 Å².